The first-order chi connectivity index (χ1) is 15.5. The molecule has 2 bridgehead atoms. The minimum Gasteiger partial charge on any atom is -0.344 e. The van der Waals surface area contributed by atoms with E-state index in [1.165, 1.54) is 0 Å². The first-order valence-corrected chi connectivity index (χ1v) is 21.1. The Kier molecular flexibility index (Phi) is 6.76. The van der Waals surface area contributed by atoms with Crippen molar-refractivity contribution in [3.05, 3.63) is 0 Å². The standard InChI is InChI=1S/C28H50O5Si2/c1-18(2)22(30)28-19(29)16-21(35(12,13)34(9,10)11)27(23(28)31,15-14-24(28,3)4)17-20-25(5,6)33-26(7,8)32-20/h18,20-21H,14-17H2,1-13H3/t20-,21-,27-,28+/m1/s1. The molecular formula is C28H50O5Si2. The van der Waals surface area contributed by atoms with Crippen LogP contribution < -0.4 is 0 Å². The summed E-state index contributed by atoms with van der Waals surface area (Å²) in [6, 6.07) is 0. The van der Waals surface area contributed by atoms with Gasteiger partial charge in [-0.05, 0) is 57.9 Å². The predicted molar refractivity (Wildman–Crippen MR) is 146 cm³/mol. The second-order valence-electron chi connectivity index (χ2n) is 15.2. The van der Waals surface area contributed by atoms with Gasteiger partial charge in [-0.2, -0.15) is 0 Å². The lowest BCUT2D eigenvalue weighted by molar-refractivity contribution is -0.181. The molecule has 3 aliphatic rings. The van der Waals surface area contributed by atoms with Gasteiger partial charge in [0.25, 0.3) is 0 Å². The Labute approximate surface area is 215 Å². The number of Topliss-reactive ketones (excluding diaryl/α,β-unsaturated/α-hetero) is 3. The highest BCUT2D eigenvalue weighted by molar-refractivity contribution is 7.41. The minimum atomic E-state index is -2.05. The van der Waals surface area contributed by atoms with Crippen molar-refractivity contribution < 1.29 is 23.9 Å². The molecule has 1 heterocycles. The Bertz CT molecular complexity index is 926. The van der Waals surface area contributed by atoms with Crippen molar-refractivity contribution in [2.24, 2.45) is 22.2 Å². The van der Waals surface area contributed by atoms with E-state index in [-0.39, 0.29) is 34.9 Å². The van der Waals surface area contributed by atoms with Gasteiger partial charge >= 0.3 is 0 Å². The monoisotopic (exact) mass is 522 g/mol. The molecule has 4 atom stereocenters. The molecule has 200 valence electrons. The highest BCUT2D eigenvalue weighted by Crippen LogP contribution is 2.68. The topological polar surface area (TPSA) is 69.7 Å². The number of ketones is 3. The Morgan fingerprint density at radius 3 is 1.94 bits per heavy atom. The van der Waals surface area contributed by atoms with Gasteiger partial charge in [-0.15, -0.1) is 0 Å². The fraction of sp³-hybridized carbons (Fsp3) is 0.893. The van der Waals surface area contributed by atoms with Gasteiger partial charge in [-0.25, -0.2) is 0 Å². The van der Waals surface area contributed by atoms with E-state index >= 15 is 4.79 Å². The molecule has 0 amide bonds. The summed E-state index contributed by atoms with van der Waals surface area (Å²) in [6.45, 7) is 27.5. The van der Waals surface area contributed by atoms with Gasteiger partial charge in [-0.1, -0.05) is 60.4 Å². The molecule has 0 aromatic carbocycles. The average molecular weight is 523 g/mol. The first kappa shape index (κ1) is 28.9. The lowest BCUT2D eigenvalue weighted by Crippen LogP contribution is -2.73. The van der Waals surface area contributed by atoms with Crippen LogP contribution in [0.15, 0.2) is 0 Å². The smallest absolute Gasteiger partial charge is 0.164 e. The number of ether oxygens (including phenoxy) is 2. The van der Waals surface area contributed by atoms with E-state index in [4.69, 9.17) is 9.47 Å². The van der Waals surface area contributed by atoms with Crippen molar-refractivity contribution in [1.82, 2.24) is 0 Å². The SMILES string of the molecule is CC(C)C(=O)[C@]12C(=O)C[C@@H]([Si](C)(C)[Si](C)(C)C)[C@](C[C@H]3OC(C)(C)OC3(C)C)(CCC1(C)C)C2=O. The quantitative estimate of drug-likeness (QED) is 0.300. The molecule has 0 aromatic heterocycles. The van der Waals surface area contributed by atoms with Crippen molar-refractivity contribution >= 4 is 32.5 Å². The van der Waals surface area contributed by atoms with Crippen LogP contribution in [0.3, 0.4) is 0 Å². The normalized spacial score (nSPS) is 36.5. The fourth-order valence-electron chi connectivity index (χ4n) is 7.54. The summed E-state index contributed by atoms with van der Waals surface area (Å²) in [6.07, 6.45) is 1.98. The third-order valence-electron chi connectivity index (χ3n) is 10.4. The second kappa shape index (κ2) is 8.18. The van der Waals surface area contributed by atoms with Crippen LogP contribution in [0.5, 0.6) is 0 Å². The van der Waals surface area contributed by atoms with Gasteiger partial charge < -0.3 is 9.47 Å². The molecule has 3 fully saturated rings. The molecule has 35 heavy (non-hydrogen) atoms. The maximum absolute atomic E-state index is 15.1. The zero-order valence-corrected chi connectivity index (χ0v) is 26.6. The molecule has 7 heteroatoms. The van der Waals surface area contributed by atoms with Gasteiger partial charge in [0.1, 0.15) is 0 Å². The largest absolute Gasteiger partial charge is 0.344 e. The van der Waals surface area contributed by atoms with Crippen LogP contribution in [0.2, 0.25) is 38.3 Å². The Hall–Kier alpha value is -0.636. The van der Waals surface area contributed by atoms with E-state index in [0.717, 1.165) is 0 Å². The maximum atomic E-state index is 15.1. The molecular weight excluding hydrogens is 472 g/mol. The Morgan fingerprint density at radius 2 is 1.51 bits per heavy atom. The van der Waals surface area contributed by atoms with E-state index in [2.05, 4.69) is 32.7 Å². The molecule has 1 aliphatic heterocycles. The zero-order valence-electron chi connectivity index (χ0n) is 24.6. The lowest BCUT2D eigenvalue weighted by Gasteiger charge is -2.63. The van der Waals surface area contributed by atoms with Crippen LogP contribution in [-0.4, -0.2) is 50.0 Å². The third kappa shape index (κ3) is 4.02. The van der Waals surface area contributed by atoms with Gasteiger partial charge in [0.2, 0.25) is 0 Å². The summed E-state index contributed by atoms with van der Waals surface area (Å²) in [4.78, 5) is 43.3. The van der Waals surface area contributed by atoms with Crippen molar-refractivity contribution in [2.75, 3.05) is 0 Å². The molecule has 0 N–H and O–H groups in total. The summed E-state index contributed by atoms with van der Waals surface area (Å²) >= 11 is 0. The van der Waals surface area contributed by atoms with Crippen molar-refractivity contribution in [3.8, 4) is 0 Å². The number of hydrogen-bond donors (Lipinski definition) is 0. The highest BCUT2D eigenvalue weighted by Gasteiger charge is 2.75. The van der Waals surface area contributed by atoms with Gasteiger partial charge in [0, 0.05) is 32.9 Å². The summed E-state index contributed by atoms with van der Waals surface area (Å²) in [7, 11) is -3.73. The Morgan fingerprint density at radius 1 is 0.971 bits per heavy atom. The molecule has 0 unspecified atom stereocenters. The van der Waals surface area contributed by atoms with Crippen LogP contribution in [0.25, 0.3) is 0 Å². The molecule has 0 spiro atoms. The van der Waals surface area contributed by atoms with Crippen LogP contribution in [0, 0.1) is 22.2 Å². The van der Waals surface area contributed by atoms with Crippen molar-refractivity contribution in [2.45, 2.75) is 137 Å². The third-order valence-corrected chi connectivity index (χ3v) is 29.4. The maximum Gasteiger partial charge on any atom is 0.164 e. The molecule has 0 radical (unpaired) electrons. The molecule has 1 saturated heterocycles. The summed E-state index contributed by atoms with van der Waals surface area (Å²) in [5.41, 5.74) is -3.54. The van der Waals surface area contributed by atoms with E-state index in [1.807, 2.05) is 55.4 Å². The van der Waals surface area contributed by atoms with E-state index in [1.54, 1.807) is 0 Å². The number of fused-ring (bicyclic) bond motifs is 2. The number of carbonyl (C=O) groups is 3. The van der Waals surface area contributed by atoms with Crippen LogP contribution >= 0.6 is 0 Å². The zero-order chi connectivity index (χ0) is 27.2. The minimum absolute atomic E-state index is 0.00830. The van der Waals surface area contributed by atoms with Crippen molar-refractivity contribution in [3.63, 3.8) is 0 Å². The Balaban J connectivity index is 2.29. The summed E-state index contributed by atoms with van der Waals surface area (Å²) < 4.78 is 12.7. The van der Waals surface area contributed by atoms with E-state index in [9.17, 15) is 9.59 Å². The second-order valence-corrected chi connectivity index (χ2v) is 32.2. The fourth-order valence-corrected chi connectivity index (χ4v) is 15.3. The highest BCUT2D eigenvalue weighted by atomic mass is 29.3. The summed E-state index contributed by atoms with van der Waals surface area (Å²) in [5.74, 6) is -1.51. The van der Waals surface area contributed by atoms with Crippen LogP contribution in [-0.2, 0) is 23.9 Å². The van der Waals surface area contributed by atoms with E-state index < -0.39 is 42.8 Å². The molecule has 2 aliphatic carbocycles. The average Bonchev–Trinajstić information content (AvgIpc) is 2.86. The van der Waals surface area contributed by atoms with Gasteiger partial charge in [-0.3, -0.25) is 14.4 Å². The number of hydrogen-bond acceptors (Lipinski definition) is 5. The van der Waals surface area contributed by atoms with Gasteiger partial charge in [0.05, 0.1) is 11.7 Å². The van der Waals surface area contributed by atoms with Crippen LogP contribution in [0.1, 0.15) is 81.1 Å². The molecule has 3 rings (SSSR count). The molecule has 5 nitrogen and oxygen atoms in total. The lowest BCUT2D eigenvalue weighted by atomic mass is 9.41. The van der Waals surface area contributed by atoms with Crippen molar-refractivity contribution in [1.29, 1.82) is 0 Å². The van der Waals surface area contributed by atoms with Crippen LogP contribution in [0.4, 0.5) is 0 Å². The summed E-state index contributed by atoms with van der Waals surface area (Å²) in [5, 5.41) is 0. The number of carbonyl (C=O) groups excluding carboxylic acids is 3. The molecule has 2 saturated carbocycles. The molecule has 0 aromatic rings. The predicted octanol–water partition coefficient (Wildman–Crippen LogP) is 6.36. The van der Waals surface area contributed by atoms with Gasteiger partial charge in [0.15, 0.2) is 28.6 Å². The van der Waals surface area contributed by atoms with E-state index in [0.29, 0.717) is 25.7 Å². The number of rotatable bonds is 6. The first-order valence-electron chi connectivity index (χ1n) is 13.5.